The Labute approximate surface area is 129 Å². The molecule has 1 aromatic carbocycles. The molecule has 3 rings (SSSR count). The van der Waals surface area contributed by atoms with Gasteiger partial charge in [0.2, 0.25) is 5.43 Å². The van der Waals surface area contributed by atoms with Crippen LogP contribution in [0.25, 0.3) is 10.9 Å². The summed E-state index contributed by atoms with van der Waals surface area (Å²) >= 11 is 0.668. The highest BCUT2D eigenvalue weighted by Crippen LogP contribution is 2.38. The van der Waals surface area contributed by atoms with Gasteiger partial charge in [0.25, 0.3) is 0 Å². The number of halogens is 2. The van der Waals surface area contributed by atoms with E-state index in [4.69, 9.17) is 4.74 Å². The van der Waals surface area contributed by atoms with Crippen molar-refractivity contribution < 1.29 is 18.3 Å². The van der Waals surface area contributed by atoms with Gasteiger partial charge in [0, 0.05) is 23.7 Å². The number of pyridine rings is 1. The summed E-state index contributed by atoms with van der Waals surface area (Å²) in [7, 11) is 0. The first kappa shape index (κ1) is 15.0. The molecule has 0 radical (unpaired) electrons. The average Bonchev–Trinajstić information content (AvgIpc) is 3.29. The SMILES string of the molecule is CCOC(=O)Sc1cn(C2CC2)c2cc(F)c(F)cc2c1=O. The molecule has 1 saturated carbocycles. The Morgan fingerprint density at radius 3 is 2.68 bits per heavy atom. The molecule has 0 N–H and O–H groups in total. The number of rotatable bonds is 3. The number of carbonyl (C=O) groups excluding carboxylic acids is 1. The van der Waals surface area contributed by atoms with Crippen molar-refractivity contribution in [3.8, 4) is 0 Å². The van der Waals surface area contributed by atoms with E-state index in [9.17, 15) is 18.4 Å². The minimum absolute atomic E-state index is 0.0695. The molecule has 1 heterocycles. The Hall–Kier alpha value is -1.89. The highest BCUT2D eigenvalue weighted by atomic mass is 32.2. The van der Waals surface area contributed by atoms with Gasteiger partial charge in [0.1, 0.15) is 0 Å². The van der Waals surface area contributed by atoms with E-state index in [-0.39, 0.29) is 22.9 Å². The number of ether oxygens (including phenoxy) is 1. The van der Waals surface area contributed by atoms with Crippen molar-refractivity contribution in [3.05, 3.63) is 40.2 Å². The fourth-order valence-corrected chi connectivity index (χ4v) is 3.01. The van der Waals surface area contributed by atoms with Crippen LogP contribution in [0.5, 0.6) is 0 Å². The molecule has 0 atom stereocenters. The maximum atomic E-state index is 13.5. The van der Waals surface area contributed by atoms with Crippen molar-refractivity contribution in [2.24, 2.45) is 0 Å². The van der Waals surface area contributed by atoms with Crippen LogP contribution in [-0.2, 0) is 4.74 Å². The molecule has 2 aromatic rings. The lowest BCUT2D eigenvalue weighted by Crippen LogP contribution is -2.13. The van der Waals surface area contributed by atoms with Gasteiger partial charge >= 0.3 is 5.30 Å². The van der Waals surface area contributed by atoms with Gasteiger partial charge in [-0.1, -0.05) is 0 Å². The Bertz CT molecular complexity index is 815. The molecule has 1 fully saturated rings. The number of carbonyl (C=O) groups is 1. The van der Waals surface area contributed by atoms with Gasteiger partial charge in [-0.15, -0.1) is 0 Å². The quantitative estimate of drug-likeness (QED) is 0.635. The van der Waals surface area contributed by atoms with Crippen molar-refractivity contribution in [2.45, 2.75) is 30.7 Å². The first-order chi connectivity index (χ1) is 10.5. The number of benzene rings is 1. The molecule has 0 aliphatic heterocycles. The number of hydrogen-bond donors (Lipinski definition) is 0. The maximum Gasteiger partial charge on any atom is 0.372 e. The molecule has 0 unspecified atom stereocenters. The number of fused-ring (bicyclic) bond motifs is 1. The van der Waals surface area contributed by atoms with Gasteiger partial charge in [0.05, 0.1) is 17.0 Å². The zero-order valence-electron chi connectivity index (χ0n) is 11.8. The van der Waals surface area contributed by atoms with Crippen molar-refractivity contribution in [1.82, 2.24) is 4.57 Å². The van der Waals surface area contributed by atoms with Crippen LogP contribution in [-0.4, -0.2) is 16.5 Å². The van der Waals surface area contributed by atoms with Crippen LogP contribution in [0.1, 0.15) is 25.8 Å². The van der Waals surface area contributed by atoms with Crippen LogP contribution in [0.15, 0.2) is 28.0 Å². The van der Waals surface area contributed by atoms with Crippen molar-refractivity contribution in [1.29, 1.82) is 0 Å². The van der Waals surface area contributed by atoms with E-state index in [2.05, 4.69) is 0 Å². The molecule has 0 bridgehead atoms. The maximum absolute atomic E-state index is 13.5. The summed E-state index contributed by atoms with van der Waals surface area (Å²) in [5, 5.41) is -0.524. The zero-order chi connectivity index (χ0) is 15.9. The third kappa shape index (κ3) is 2.72. The van der Waals surface area contributed by atoms with Crippen molar-refractivity contribution in [3.63, 3.8) is 0 Å². The molecule has 7 heteroatoms. The summed E-state index contributed by atoms with van der Waals surface area (Å²) in [5.41, 5.74) is -0.150. The summed E-state index contributed by atoms with van der Waals surface area (Å²) in [4.78, 5) is 24.1. The second-order valence-corrected chi connectivity index (χ2v) is 6.01. The Morgan fingerprint density at radius 2 is 2.05 bits per heavy atom. The molecule has 116 valence electrons. The summed E-state index contributed by atoms with van der Waals surface area (Å²) in [6.45, 7) is 1.87. The predicted molar refractivity (Wildman–Crippen MR) is 79.3 cm³/mol. The zero-order valence-corrected chi connectivity index (χ0v) is 12.6. The van der Waals surface area contributed by atoms with Crippen molar-refractivity contribution >= 4 is 28.0 Å². The van der Waals surface area contributed by atoms with E-state index in [1.807, 2.05) is 0 Å². The van der Waals surface area contributed by atoms with Gasteiger partial charge in [-0.3, -0.25) is 4.79 Å². The lowest BCUT2D eigenvalue weighted by molar-refractivity contribution is 0.181. The number of nitrogens with zero attached hydrogens (tertiary/aromatic N) is 1. The molecule has 0 amide bonds. The normalized spacial score (nSPS) is 14.3. The van der Waals surface area contributed by atoms with Gasteiger partial charge in [-0.2, -0.15) is 0 Å². The van der Waals surface area contributed by atoms with Gasteiger partial charge in [-0.05, 0) is 37.6 Å². The highest BCUT2D eigenvalue weighted by molar-refractivity contribution is 8.13. The van der Waals surface area contributed by atoms with Crippen LogP contribution in [0.3, 0.4) is 0 Å². The number of aromatic nitrogens is 1. The topological polar surface area (TPSA) is 48.3 Å². The van der Waals surface area contributed by atoms with Crippen LogP contribution >= 0.6 is 11.8 Å². The molecule has 0 spiro atoms. The van der Waals surface area contributed by atoms with Crippen LogP contribution in [0.2, 0.25) is 0 Å². The molecule has 22 heavy (non-hydrogen) atoms. The van der Waals surface area contributed by atoms with Gasteiger partial charge in [-0.25, -0.2) is 13.6 Å². The minimum atomic E-state index is -1.08. The van der Waals surface area contributed by atoms with E-state index >= 15 is 0 Å². The largest absolute Gasteiger partial charge is 0.458 e. The summed E-state index contributed by atoms with van der Waals surface area (Å²) in [6, 6.07) is 2.07. The highest BCUT2D eigenvalue weighted by Gasteiger charge is 2.27. The molecule has 0 saturated heterocycles. The van der Waals surface area contributed by atoms with E-state index in [1.165, 1.54) is 6.20 Å². The number of thioether (sulfide) groups is 1. The summed E-state index contributed by atoms with van der Waals surface area (Å²) < 4.78 is 33.5. The molecule has 1 aromatic heterocycles. The van der Waals surface area contributed by atoms with Crippen LogP contribution in [0.4, 0.5) is 13.6 Å². The summed E-state index contributed by atoms with van der Waals surface area (Å²) in [5.74, 6) is -2.07. The average molecular weight is 325 g/mol. The van der Waals surface area contributed by atoms with Crippen molar-refractivity contribution in [2.75, 3.05) is 6.61 Å². The third-order valence-electron chi connectivity index (χ3n) is 3.44. The summed E-state index contributed by atoms with van der Waals surface area (Å²) in [6.07, 6.45) is 3.34. The van der Waals surface area contributed by atoms with E-state index in [0.717, 1.165) is 25.0 Å². The minimum Gasteiger partial charge on any atom is -0.458 e. The predicted octanol–water partition coefficient (Wildman–Crippen LogP) is 3.86. The molecule has 4 nitrogen and oxygen atoms in total. The molecule has 1 aliphatic rings. The van der Waals surface area contributed by atoms with E-state index in [0.29, 0.717) is 17.3 Å². The van der Waals surface area contributed by atoms with Crippen LogP contribution in [0, 0.1) is 11.6 Å². The smallest absolute Gasteiger partial charge is 0.372 e. The second kappa shape index (κ2) is 5.72. The lowest BCUT2D eigenvalue weighted by Gasteiger charge is -2.12. The Balaban J connectivity index is 2.18. The third-order valence-corrected chi connectivity index (χ3v) is 4.23. The second-order valence-electron chi connectivity index (χ2n) is 5.03. The first-order valence-electron chi connectivity index (χ1n) is 6.89. The monoisotopic (exact) mass is 325 g/mol. The number of hydrogen-bond acceptors (Lipinski definition) is 4. The first-order valence-corrected chi connectivity index (χ1v) is 7.71. The lowest BCUT2D eigenvalue weighted by atomic mass is 10.2. The molecular weight excluding hydrogens is 312 g/mol. The molecular formula is C15H13F2NO3S. The fraction of sp³-hybridized carbons (Fsp3) is 0.333. The van der Waals surface area contributed by atoms with E-state index in [1.54, 1.807) is 11.5 Å². The molecule has 1 aliphatic carbocycles. The van der Waals surface area contributed by atoms with Crippen LogP contribution < -0.4 is 5.43 Å². The Kier molecular flexibility index (Phi) is 3.90. The Morgan fingerprint density at radius 1 is 1.36 bits per heavy atom. The standard InChI is InChI=1S/C15H13F2NO3S/c1-2-21-15(20)22-13-7-18(8-3-4-8)12-6-11(17)10(16)5-9(12)14(13)19/h5-8H,2-4H2,1H3. The van der Waals surface area contributed by atoms with E-state index < -0.39 is 22.4 Å². The van der Waals surface area contributed by atoms with Gasteiger partial charge in [0.15, 0.2) is 11.6 Å². The van der Waals surface area contributed by atoms with Gasteiger partial charge < -0.3 is 9.30 Å². The fourth-order valence-electron chi connectivity index (χ4n) is 2.28.